The average Bonchev–Trinajstić information content (AvgIpc) is 2.63. The summed E-state index contributed by atoms with van der Waals surface area (Å²) in [5.74, 6) is 0.830. The van der Waals surface area contributed by atoms with Crippen LogP contribution >= 0.6 is 0 Å². The van der Waals surface area contributed by atoms with Gasteiger partial charge in [-0.1, -0.05) is 0 Å². The van der Waals surface area contributed by atoms with E-state index in [0.29, 0.717) is 0 Å². The van der Waals surface area contributed by atoms with Crippen molar-refractivity contribution in [2.75, 3.05) is 50.0 Å². The first-order valence-corrected chi connectivity index (χ1v) is 7.74. The summed E-state index contributed by atoms with van der Waals surface area (Å²) in [5, 5.41) is 9.06. The van der Waals surface area contributed by atoms with Gasteiger partial charge in [-0.2, -0.15) is 0 Å². The van der Waals surface area contributed by atoms with Crippen molar-refractivity contribution in [2.45, 2.75) is 26.4 Å². The molecule has 1 fully saturated rings. The smallest absolute Gasteiger partial charge is 0.123 e. The van der Waals surface area contributed by atoms with Gasteiger partial charge in [-0.15, -0.1) is 0 Å². The van der Waals surface area contributed by atoms with Gasteiger partial charge < -0.3 is 20.5 Å². The Hall–Kier alpha value is -1.46. The Morgan fingerprint density at radius 2 is 2.00 bits per heavy atom. The quantitative estimate of drug-likeness (QED) is 0.807. The summed E-state index contributed by atoms with van der Waals surface area (Å²) in [6.07, 6.45) is 1.23. The van der Waals surface area contributed by atoms with Crippen LogP contribution in [0.15, 0.2) is 18.2 Å². The molecule has 0 radical (unpaired) electrons. The second kappa shape index (κ2) is 7.52. The predicted octanol–water partition coefficient (Wildman–Crippen LogP) is 1.56. The summed E-state index contributed by atoms with van der Waals surface area (Å²) in [5.41, 5.74) is 7.86. The molecule has 1 heterocycles. The van der Waals surface area contributed by atoms with E-state index in [1.807, 2.05) is 26.0 Å². The molecule has 0 aliphatic carbocycles. The van der Waals surface area contributed by atoms with Gasteiger partial charge in [0.05, 0.1) is 12.7 Å². The van der Waals surface area contributed by atoms with Crippen LogP contribution in [0.25, 0.3) is 0 Å². The number of rotatable bonds is 5. The molecule has 0 atom stereocenters. The van der Waals surface area contributed by atoms with E-state index in [9.17, 15) is 0 Å². The van der Waals surface area contributed by atoms with Crippen molar-refractivity contribution in [2.24, 2.45) is 0 Å². The number of aliphatic hydroxyl groups is 1. The predicted molar refractivity (Wildman–Crippen MR) is 87.0 cm³/mol. The molecule has 0 amide bonds. The fraction of sp³-hybridized carbons (Fsp3) is 0.625. The molecule has 1 saturated heterocycles. The zero-order valence-corrected chi connectivity index (χ0v) is 13.1. The number of nitrogen functional groups attached to an aromatic ring is 1. The van der Waals surface area contributed by atoms with Crippen LogP contribution in [-0.4, -0.2) is 55.4 Å². The molecule has 3 N–H and O–H groups in total. The molecule has 1 aliphatic heterocycles. The average molecular weight is 293 g/mol. The first-order valence-electron chi connectivity index (χ1n) is 7.74. The van der Waals surface area contributed by atoms with Gasteiger partial charge in [-0.25, -0.2) is 0 Å². The Morgan fingerprint density at radius 1 is 1.19 bits per heavy atom. The third-order valence-electron chi connectivity index (χ3n) is 3.66. The van der Waals surface area contributed by atoms with Gasteiger partial charge in [0, 0.05) is 49.7 Å². The molecular formula is C16H27N3O2. The van der Waals surface area contributed by atoms with Crippen molar-refractivity contribution in [3.8, 4) is 5.75 Å². The molecule has 0 spiro atoms. The molecule has 0 aromatic heterocycles. The van der Waals surface area contributed by atoms with Crippen LogP contribution in [-0.2, 0) is 0 Å². The molecule has 5 heteroatoms. The number of aliphatic hydroxyl groups excluding tert-OH is 1. The van der Waals surface area contributed by atoms with E-state index in [2.05, 4.69) is 15.9 Å². The van der Waals surface area contributed by atoms with E-state index in [4.69, 9.17) is 15.6 Å². The van der Waals surface area contributed by atoms with Crippen molar-refractivity contribution < 1.29 is 9.84 Å². The van der Waals surface area contributed by atoms with E-state index in [-0.39, 0.29) is 12.7 Å². The maximum atomic E-state index is 9.06. The SMILES string of the molecule is CC(C)Oc1cc(N)cc(N2CCCN(CCO)CC2)c1. The Labute approximate surface area is 127 Å². The topological polar surface area (TPSA) is 62.0 Å². The summed E-state index contributed by atoms with van der Waals surface area (Å²) in [4.78, 5) is 4.65. The summed E-state index contributed by atoms with van der Waals surface area (Å²) in [6, 6.07) is 5.95. The minimum Gasteiger partial charge on any atom is -0.491 e. The van der Waals surface area contributed by atoms with E-state index >= 15 is 0 Å². The number of anilines is 2. The number of nitrogens with zero attached hydrogens (tertiary/aromatic N) is 2. The highest BCUT2D eigenvalue weighted by Gasteiger charge is 2.16. The Kier molecular flexibility index (Phi) is 5.70. The molecule has 118 valence electrons. The third-order valence-corrected chi connectivity index (χ3v) is 3.66. The highest BCUT2D eigenvalue weighted by molar-refractivity contribution is 5.60. The first kappa shape index (κ1) is 15.9. The fourth-order valence-corrected chi connectivity index (χ4v) is 2.72. The van der Waals surface area contributed by atoms with E-state index in [1.165, 1.54) is 0 Å². The maximum Gasteiger partial charge on any atom is 0.123 e. The van der Waals surface area contributed by atoms with E-state index in [1.54, 1.807) is 0 Å². The number of β-amino-alcohol motifs (C(OH)–C–C–N with tert-alkyl or cyclic N) is 1. The highest BCUT2D eigenvalue weighted by Crippen LogP contribution is 2.27. The summed E-state index contributed by atoms with van der Waals surface area (Å²) in [7, 11) is 0. The van der Waals surface area contributed by atoms with Gasteiger partial charge in [0.15, 0.2) is 0 Å². The van der Waals surface area contributed by atoms with Gasteiger partial charge in [0.2, 0.25) is 0 Å². The second-order valence-corrected chi connectivity index (χ2v) is 5.83. The van der Waals surface area contributed by atoms with Crippen LogP contribution in [0.3, 0.4) is 0 Å². The Morgan fingerprint density at radius 3 is 2.71 bits per heavy atom. The number of hydrogen-bond acceptors (Lipinski definition) is 5. The minimum atomic E-state index is 0.142. The number of hydrogen-bond donors (Lipinski definition) is 2. The summed E-state index contributed by atoms with van der Waals surface area (Å²) in [6.45, 7) is 8.97. The zero-order chi connectivity index (χ0) is 15.2. The number of nitrogens with two attached hydrogens (primary N) is 1. The van der Waals surface area contributed by atoms with E-state index < -0.39 is 0 Å². The van der Waals surface area contributed by atoms with Crippen molar-refractivity contribution >= 4 is 11.4 Å². The maximum absolute atomic E-state index is 9.06. The molecule has 0 saturated carbocycles. The highest BCUT2D eigenvalue weighted by atomic mass is 16.5. The Balaban J connectivity index is 2.08. The van der Waals surface area contributed by atoms with Gasteiger partial charge in [-0.3, -0.25) is 4.90 Å². The van der Waals surface area contributed by atoms with Crippen LogP contribution in [0.1, 0.15) is 20.3 Å². The lowest BCUT2D eigenvalue weighted by molar-refractivity contribution is 0.204. The van der Waals surface area contributed by atoms with Crippen LogP contribution in [0, 0.1) is 0 Å². The molecule has 21 heavy (non-hydrogen) atoms. The van der Waals surface area contributed by atoms with Crippen LogP contribution in [0.5, 0.6) is 5.75 Å². The molecule has 1 aromatic carbocycles. The largest absolute Gasteiger partial charge is 0.491 e. The Bertz CT molecular complexity index is 451. The zero-order valence-electron chi connectivity index (χ0n) is 13.1. The van der Waals surface area contributed by atoms with Crippen molar-refractivity contribution in [1.29, 1.82) is 0 Å². The fourth-order valence-electron chi connectivity index (χ4n) is 2.72. The van der Waals surface area contributed by atoms with Crippen LogP contribution in [0.2, 0.25) is 0 Å². The third kappa shape index (κ3) is 4.79. The number of benzene rings is 1. The molecule has 1 aromatic rings. The number of ether oxygens (including phenoxy) is 1. The molecular weight excluding hydrogens is 266 g/mol. The van der Waals surface area contributed by atoms with Crippen molar-refractivity contribution in [1.82, 2.24) is 4.90 Å². The van der Waals surface area contributed by atoms with Gasteiger partial charge in [0.1, 0.15) is 5.75 Å². The normalized spacial score (nSPS) is 17.0. The van der Waals surface area contributed by atoms with Gasteiger partial charge in [-0.05, 0) is 32.9 Å². The standard InChI is InChI=1S/C16H27N3O2/c1-13(2)21-16-11-14(17)10-15(12-16)19-5-3-4-18(6-7-19)8-9-20/h10-13,20H,3-9,17H2,1-2H3. The lowest BCUT2D eigenvalue weighted by Gasteiger charge is -2.24. The molecule has 5 nitrogen and oxygen atoms in total. The molecule has 1 aliphatic rings. The molecule has 0 unspecified atom stereocenters. The lowest BCUT2D eigenvalue weighted by atomic mass is 10.2. The summed E-state index contributed by atoms with van der Waals surface area (Å²) >= 11 is 0. The van der Waals surface area contributed by atoms with Crippen molar-refractivity contribution in [3.05, 3.63) is 18.2 Å². The van der Waals surface area contributed by atoms with Crippen molar-refractivity contribution in [3.63, 3.8) is 0 Å². The van der Waals surface area contributed by atoms with Crippen LogP contribution < -0.4 is 15.4 Å². The van der Waals surface area contributed by atoms with E-state index in [0.717, 1.165) is 56.3 Å². The minimum absolute atomic E-state index is 0.142. The first-order chi connectivity index (χ1) is 10.1. The van der Waals surface area contributed by atoms with Gasteiger partial charge >= 0.3 is 0 Å². The molecule has 2 rings (SSSR count). The second-order valence-electron chi connectivity index (χ2n) is 5.83. The van der Waals surface area contributed by atoms with Crippen LogP contribution in [0.4, 0.5) is 11.4 Å². The summed E-state index contributed by atoms with van der Waals surface area (Å²) < 4.78 is 5.77. The lowest BCUT2D eigenvalue weighted by Crippen LogP contribution is -2.32. The van der Waals surface area contributed by atoms with Gasteiger partial charge in [0.25, 0.3) is 0 Å². The molecule has 0 bridgehead atoms. The monoisotopic (exact) mass is 293 g/mol.